The lowest BCUT2D eigenvalue weighted by molar-refractivity contribution is -0.905. The molecule has 0 fully saturated rings. The normalized spacial score (nSPS) is 11.4. The zero-order valence-corrected chi connectivity index (χ0v) is 12.8. The van der Waals surface area contributed by atoms with Crippen LogP contribution in [-0.2, 0) is 14.9 Å². The minimum Gasteiger partial charge on any atom is -0.748 e. The van der Waals surface area contributed by atoms with Gasteiger partial charge < -0.3 is 9.04 Å². The number of carbonyl (C=O) groups is 1. The molecule has 0 rings (SSSR count). The number of nitrogens with zero attached hydrogens (tertiary/aromatic N) is 1. The van der Waals surface area contributed by atoms with E-state index >= 15 is 0 Å². The molecule has 0 amide bonds. The van der Waals surface area contributed by atoms with E-state index in [9.17, 15) is 4.79 Å². The van der Waals surface area contributed by atoms with Gasteiger partial charge in [-0.15, -0.1) is 0 Å². The Bertz CT molecular complexity index is 362. The highest BCUT2D eigenvalue weighted by Gasteiger charge is 2.17. The Kier molecular flexibility index (Phi) is 9.15. The van der Waals surface area contributed by atoms with Crippen molar-refractivity contribution < 1.29 is 22.2 Å². The lowest BCUT2D eigenvalue weighted by atomic mass is 10.1. The summed E-state index contributed by atoms with van der Waals surface area (Å²) in [4.78, 5) is 11.3. The van der Waals surface area contributed by atoms with Crippen LogP contribution in [-0.4, -0.2) is 56.2 Å². The second-order valence-corrected chi connectivity index (χ2v) is 6.04. The Hall–Kier alpha value is -0.720. The highest BCUT2D eigenvalue weighted by Crippen LogP contribution is 2.05. The number of hydrogen-bond acceptors (Lipinski definition) is 4. The van der Waals surface area contributed by atoms with Crippen LogP contribution < -0.4 is 0 Å². The number of hydrogen-bond donors (Lipinski definition) is 0. The quantitative estimate of drug-likeness (QED) is 0.415. The van der Waals surface area contributed by atoms with Gasteiger partial charge in [0.05, 0.1) is 43.2 Å². The summed E-state index contributed by atoms with van der Waals surface area (Å²) in [5, 5.41) is 0. The minimum atomic E-state index is -3.92. The van der Waals surface area contributed by atoms with E-state index in [1.165, 1.54) is 0 Å². The van der Waals surface area contributed by atoms with E-state index in [2.05, 4.69) is 27.5 Å². The molecule has 0 aliphatic carbocycles. The lowest BCUT2D eigenvalue weighted by Crippen LogP contribution is -2.44. The van der Waals surface area contributed by atoms with Crippen LogP contribution in [0.25, 0.3) is 0 Å². The fraction of sp³-hybridized carbons (Fsp3) is 0.750. The summed E-state index contributed by atoms with van der Waals surface area (Å²) in [5.74, 6) is 0.200. The number of Topliss-reactive ketones (excluding diaryl/α,β-unsaturated/α-hetero) is 1. The molecule has 0 aromatic carbocycles. The van der Waals surface area contributed by atoms with Crippen LogP contribution >= 0.6 is 0 Å². The lowest BCUT2D eigenvalue weighted by Gasteiger charge is -2.31. The Morgan fingerprint density at radius 1 is 1.28 bits per heavy atom. The van der Waals surface area contributed by atoms with Gasteiger partial charge in [0.2, 0.25) is 0 Å². The molecule has 18 heavy (non-hydrogen) atoms. The van der Waals surface area contributed by atoms with Gasteiger partial charge in [0, 0.05) is 6.26 Å². The van der Waals surface area contributed by atoms with Crippen LogP contribution in [0.15, 0.2) is 12.2 Å². The largest absolute Gasteiger partial charge is 0.748 e. The first-order chi connectivity index (χ1) is 7.95. The summed E-state index contributed by atoms with van der Waals surface area (Å²) in [6.07, 6.45) is 1.24. The summed E-state index contributed by atoms with van der Waals surface area (Å²) in [6.45, 7) is 12.9. The maximum absolute atomic E-state index is 11.3. The standard InChI is InChI=1S/C11H22NO.CH4O3S/c1-6-12(5,7-2)9-8-11(13)10(3)4;1-5(2,3)4/h3,6-9H2,1-2,4-5H3;1H3,(H,2,3,4)/q+1;/p-1. The second kappa shape index (κ2) is 8.39. The van der Waals surface area contributed by atoms with E-state index in [0.29, 0.717) is 18.2 Å². The molecule has 108 valence electrons. The van der Waals surface area contributed by atoms with E-state index < -0.39 is 10.1 Å². The molecule has 5 nitrogen and oxygen atoms in total. The average Bonchev–Trinajstić information content (AvgIpc) is 2.23. The van der Waals surface area contributed by atoms with Crippen molar-refractivity contribution in [3.8, 4) is 0 Å². The molecule has 0 aliphatic heterocycles. The van der Waals surface area contributed by atoms with Gasteiger partial charge in [0.1, 0.15) is 0 Å². The number of ketones is 1. The van der Waals surface area contributed by atoms with Crippen molar-refractivity contribution in [1.82, 2.24) is 0 Å². The van der Waals surface area contributed by atoms with Crippen molar-refractivity contribution >= 4 is 15.9 Å². The molecule has 0 aromatic heterocycles. The van der Waals surface area contributed by atoms with Gasteiger partial charge in [-0.25, -0.2) is 8.42 Å². The zero-order valence-electron chi connectivity index (χ0n) is 12.0. The summed E-state index contributed by atoms with van der Waals surface area (Å²) < 4.78 is 28.2. The molecule has 0 radical (unpaired) electrons. The van der Waals surface area contributed by atoms with Gasteiger partial charge in [-0.1, -0.05) is 6.58 Å². The maximum Gasteiger partial charge on any atom is 0.163 e. The molecule has 0 N–H and O–H groups in total. The number of carbonyl (C=O) groups excluding carboxylic acids is 1. The molecule has 0 aliphatic rings. The molecule has 0 unspecified atom stereocenters. The number of quaternary nitrogens is 1. The molecule has 0 saturated carbocycles. The first-order valence-electron chi connectivity index (χ1n) is 5.88. The molecule has 0 bridgehead atoms. The maximum atomic E-state index is 11.3. The van der Waals surface area contributed by atoms with Crippen LogP contribution in [0.2, 0.25) is 0 Å². The molecule has 0 heterocycles. The third-order valence-electron chi connectivity index (χ3n) is 2.88. The van der Waals surface area contributed by atoms with Crippen molar-refractivity contribution in [2.75, 3.05) is 32.9 Å². The van der Waals surface area contributed by atoms with E-state index in [-0.39, 0.29) is 5.78 Å². The first-order valence-corrected chi connectivity index (χ1v) is 7.70. The van der Waals surface area contributed by atoms with Crippen LogP contribution in [0.5, 0.6) is 0 Å². The van der Waals surface area contributed by atoms with Crippen LogP contribution in [0, 0.1) is 0 Å². The van der Waals surface area contributed by atoms with Gasteiger partial charge in [-0.2, -0.15) is 0 Å². The van der Waals surface area contributed by atoms with E-state index in [1.807, 2.05) is 0 Å². The third-order valence-corrected chi connectivity index (χ3v) is 2.88. The molecule has 0 atom stereocenters. The fourth-order valence-corrected chi connectivity index (χ4v) is 1.12. The van der Waals surface area contributed by atoms with Gasteiger partial charge >= 0.3 is 0 Å². The van der Waals surface area contributed by atoms with Crippen molar-refractivity contribution in [2.24, 2.45) is 0 Å². The van der Waals surface area contributed by atoms with Crippen molar-refractivity contribution in [1.29, 1.82) is 0 Å². The van der Waals surface area contributed by atoms with Gasteiger partial charge in [0.15, 0.2) is 5.78 Å². The van der Waals surface area contributed by atoms with E-state index in [0.717, 1.165) is 24.1 Å². The SMILES string of the molecule is C=C(C)C(=O)CC[N+](C)(CC)CC.CS(=O)(=O)[O-]. The van der Waals surface area contributed by atoms with Crippen molar-refractivity contribution in [3.05, 3.63) is 12.2 Å². The monoisotopic (exact) mass is 279 g/mol. The Labute approximate surface area is 111 Å². The van der Waals surface area contributed by atoms with Crippen molar-refractivity contribution in [3.63, 3.8) is 0 Å². The Morgan fingerprint density at radius 2 is 1.61 bits per heavy atom. The first kappa shape index (κ1) is 19.6. The summed E-state index contributed by atoms with van der Waals surface area (Å²) in [6, 6.07) is 0. The van der Waals surface area contributed by atoms with Crippen molar-refractivity contribution in [2.45, 2.75) is 27.2 Å². The molecular formula is C12H25NO4S. The highest BCUT2D eigenvalue weighted by molar-refractivity contribution is 7.84. The molecule has 6 heteroatoms. The Balaban J connectivity index is 0. The second-order valence-electron chi connectivity index (χ2n) is 4.63. The molecule has 0 spiro atoms. The topological polar surface area (TPSA) is 74.3 Å². The molecule has 0 aromatic rings. The van der Waals surface area contributed by atoms with Gasteiger partial charge in [-0.3, -0.25) is 4.79 Å². The highest BCUT2D eigenvalue weighted by atomic mass is 32.2. The van der Waals surface area contributed by atoms with Crippen LogP contribution in [0.3, 0.4) is 0 Å². The summed E-state index contributed by atoms with van der Waals surface area (Å²) in [7, 11) is -1.73. The van der Waals surface area contributed by atoms with Gasteiger partial charge in [0.25, 0.3) is 0 Å². The predicted molar refractivity (Wildman–Crippen MR) is 72.2 cm³/mol. The number of allylic oxidation sites excluding steroid dienone is 1. The smallest absolute Gasteiger partial charge is 0.163 e. The number of rotatable bonds is 6. The third kappa shape index (κ3) is 13.3. The van der Waals surface area contributed by atoms with Crippen LogP contribution in [0.1, 0.15) is 27.2 Å². The predicted octanol–water partition coefficient (Wildman–Crippen LogP) is 1.17. The summed E-state index contributed by atoms with van der Waals surface area (Å²) in [5.41, 5.74) is 0.679. The molecule has 0 saturated heterocycles. The van der Waals surface area contributed by atoms with Crippen LogP contribution in [0.4, 0.5) is 0 Å². The van der Waals surface area contributed by atoms with Gasteiger partial charge in [-0.05, 0) is 26.3 Å². The molecular weight excluding hydrogens is 254 g/mol. The average molecular weight is 279 g/mol. The van der Waals surface area contributed by atoms with E-state index in [1.54, 1.807) is 6.92 Å². The summed E-state index contributed by atoms with van der Waals surface area (Å²) >= 11 is 0. The van der Waals surface area contributed by atoms with E-state index in [4.69, 9.17) is 13.0 Å². The zero-order chi connectivity index (χ0) is 15.0. The Morgan fingerprint density at radius 3 is 1.83 bits per heavy atom. The fourth-order valence-electron chi connectivity index (χ4n) is 1.12. The minimum absolute atomic E-state index is 0.200.